The van der Waals surface area contributed by atoms with Gasteiger partial charge in [-0.05, 0) is 39.3 Å². The average molecular weight is 326 g/mol. The third-order valence-electron chi connectivity index (χ3n) is 4.55. The van der Waals surface area contributed by atoms with Crippen LogP contribution < -0.4 is 0 Å². The summed E-state index contributed by atoms with van der Waals surface area (Å²) in [5.41, 5.74) is 2.55. The molecule has 3 heterocycles. The molecule has 1 saturated heterocycles. The van der Waals surface area contributed by atoms with Gasteiger partial charge >= 0.3 is 5.97 Å². The van der Waals surface area contributed by atoms with Crippen LogP contribution in [0.5, 0.6) is 0 Å². The van der Waals surface area contributed by atoms with E-state index >= 15 is 0 Å². The molecule has 0 aromatic carbocycles. The highest BCUT2D eigenvalue weighted by atomic mass is 16.4. The molecule has 1 unspecified atom stereocenters. The van der Waals surface area contributed by atoms with Crippen molar-refractivity contribution in [2.24, 2.45) is 0 Å². The lowest BCUT2D eigenvalue weighted by Gasteiger charge is -2.35. The number of pyridine rings is 1. The Balaban J connectivity index is 1.96. The number of carbonyl (C=O) groups is 1. The zero-order chi connectivity index (χ0) is 17.1. The van der Waals surface area contributed by atoms with Crippen molar-refractivity contribution in [2.45, 2.75) is 38.6 Å². The topological polar surface area (TPSA) is 79.2 Å². The van der Waals surface area contributed by atoms with Gasteiger partial charge in [-0.25, -0.2) is 4.79 Å². The van der Waals surface area contributed by atoms with Gasteiger partial charge in [0.15, 0.2) is 0 Å². The number of piperidine rings is 1. The second-order valence-electron chi connectivity index (χ2n) is 6.49. The quantitative estimate of drug-likeness (QED) is 0.930. The minimum atomic E-state index is -0.988. The van der Waals surface area contributed by atoms with Gasteiger partial charge in [0.2, 0.25) is 0 Å². The Kier molecular flexibility index (Phi) is 4.85. The van der Waals surface area contributed by atoms with E-state index in [0.717, 1.165) is 37.3 Å². The van der Waals surface area contributed by atoms with Crippen LogP contribution in [0.2, 0.25) is 0 Å². The Morgan fingerprint density at radius 3 is 2.83 bits per heavy atom. The third kappa shape index (κ3) is 3.43. The summed E-state index contributed by atoms with van der Waals surface area (Å²) in [5, 5.41) is 9.19. The first kappa shape index (κ1) is 16.5. The molecule has 6 nitrogen and oxygen atoms in total. The van der Waals surface area contributed by atoms with Crippen LogP contribution in [0.15, 0.2) is 30.9 Å². The van der Waals surface area contributed by atoms with Crippen LogP contribution in [0, 0.1) is 0 Å². The summed E-state index contributed by atoms with van der Waals surface area (Å²) in [5.74, 6) is -0.684. The Bertz CT molecular complexity index is 732. The summed E-state index contributed by atoms with van der Waals surface area (Å²) < 4.78 is 0. The van der Waals surface area contributed by atoms with E-state index in [1.807, 2.05) is 0 Å². The van der Waals surface area contributed by atoms with Crippen LogP contribution in [0.3, 0.4) is 0 Å². The van der Waals surface area contributed by atoms with Crippen LogP contribution in [0.4, 0.5) is 0 Å². The molecule has 3 rings (SSSR count). The number of carboxylic acids is 1. The monoisotopic (exact) mass is 326 g/mol. The Labute approximate surface area is 141 Å². The van der Waals surface area contributed by atoms with Crippen molar-refractivity contribution in [3.63, 3.8) is 0 Å². The number of aromatic nitrogens is 3. The average Bonchev–Trinajstić information content (AvgIpc) is 2.62. The largest absolute Gasteiger partial charge is 0.478 e. The fourth-order valence-electron chi connectivity index (χ4n) is 3.25. The fraction of sp³-hybridized carbons (Fsp3) is 0.444. The summed E-state index contributed by atoms with van der Waals surface area (Å²) in [4.78, 5) is 26.8. The van der Waals surface area contributed by atoms with Crippen molar-refractivity contribution in [1.29, 1.82) is 0 Å². The van der Waals surface area contributed by atoms with E-state index < -0.39 is 5.97 Å². The van der Waals surface area contributed by atoms with Gasteiger partial charge in [-0.2, -0.15) is 0 Å². The van der Waals surface area contributed by atoms with Crippen LogP contribution in [-0.2, 0) is 0 Å². The Hall–Kier alpha value is -2.34. The lowest BCUT2D eigenvalue weighted by atomic mass is 9.91. The number of carboxylic acid groups (broad SMARTS) is 1. The van der Waals surface area contributed by atoms with Gasteiger partial charge in [0.05, 0.1) is 17.0 Å². The van der Waals surface area contributed by atoms with Crippen molar-refractivity contribution >= 4 is 5.97 Å². The Morgan fingerprint density at radius 1 is 1.29 bits per heavy atom. The summed E-state index contributed by atoms with van der Waals surface area (Å²) in [6.45, 7) is 6.48. The molecule has 2 aromatic rings. The molecule has 1 N–H and O–H groups in total. The van der Waals surface area contributed by atoms with Crippen LogP contribution in [0.1, 0.15) is 48.7 Å². The highest BCUT2D eigenvalue weighted by molar-refractivity contribution is 5.88. The molecule has 24 heavy (non-hydrogen) atoms. The second-order valence-corrected chi connectivity index (χ2v) is 6.49. The first-order valence-electron chi connectivity index (χ1n) is 8.30. The zero-order valence-corrected chi connectivity index (χ0v) is 14.0. The lowest BCUT2D eigenvalue weighted by Crippen LogP contribution is -2.39. The van der Waals surface area contributed by atoms with E-state index in [4.69, 9.17) is 0 Å². The third-order valence-corrected chi connectivity index (χ3v) is 4.55. The molecule has 1 aliphatic heterocycles. The molecule has 0 amide bonds. The molecule has 1 fully saturated rings. The molecule has 0 bridgehead atoms. The van der Waals surface area contributed by atoms with Crippen molar-refractivity contribution in [3.05, 3.63) is 42.1 Å². The predicted octanol–water partition coefficient (Wildman–Crippen LogP) is 2.82. The van der Waals surface area contributed by atoms with Gasteiger partial charge in [0.1, 0.15) is 0 Å². The van der Waals surface area contributed by atoms with Gasteiger partial charge in [-0.15, -0.1) is 0 Å². The molecule has 1 aliphatic rings. The molecule has 1 atom stereocenters. The second kappa shape index (κ2) is 7.05. The number of likely N-dealkylation sites (tertiary alicyclic amines) is 1. The molecule has 0 radical (unpaired) electrons. The smallest absolute Gasteiger partial charge is 0.337 e. The van der Waals surface area contributed by atoms with E-state index in [1.54, 1.807) is 24.7 Å². The van der Waals surface area contributed by atoms with Gasteiger partial charge in [-0.1, -0.05) is 0 Å². The molecule has 6 heteroatoms. The standard InChI is InChI=1S/C18H22N4O2/c1-12(2)22-7-3-4-13(11-22)16-17(21-6-5-20-16)14-8-15(18(23)24)10-19-9-14/h5-6,8-10,12-13H,3-4,7,11H2,1-2H3,(H,23,24). The first-order chi connectivity index (χ1) is 11.6. The van der Waals surface area contributed by atoms with Gasteiger partial charge in [0, 0.05) is 48.9 Å². The molecule has 2 aromatic heterocycles. The van der Waals surface area contributed by atoms with Crippen LogP contribution >= 0.6 is 0 Å². The fourth-order valence-corrected chi connectivity index (χ4v) is 3.25. The number of hydrogen-bond donors (Lipinski definition) is 1. The molecule has 126 valence electrons. The van der Waals surface area contributed by atoms with Crippen molar-refractivity contribution in [1.82, 2.24) is 19.9 Å². The molecule has 0 aliphatic carbocycles. The normalized spacial score (nSPS) is 18.7. The maximum atomic E-state index is 11.2. The molecule has 0 saturated carbocycles. The highest BCUT2D eigenvalue weighted by Crippen LogP contribution is 2.32. The molecular weight excluding hydrogens is 304 g/mol. The maximum Gasteiger partial charge on any atom is 0.337 e. The molecular formula is C18H22N4O2. The number of hydrogen-bond acceptors (Lipinski definition) is 5. The zero-order valence-electron chi connectivity index (χ0n) is 14.0. The molecule has 0 spiro atoms. The maximum absolute atomic E-state index is 11.2. The van der Waals surface area contributed by atoms with Crippen molar-refractivity contribution in [2.75, 3.05) is 13.1 Å². The van der Waals surface area contributed by atoms with E-state index in [-0.39, 0.29) is 5.56 Å². The summed E-state index contributed by atoms with van der Waals surface area (Å²) >= 11 is 0. The van der Waals surface area contributed by atoms with Gasteiger partial charge < -0.3 is 10.0 Å². The number of rotatable bonds is 4. The van der Waals surface area contributed by atoms with Crippen LogP contribution in [-0.4, -0.2) is 50.1 Å². The SMILES string of the molecule is CC(C)N1CCCC(c2nccnc2-c2cncc(C(=O)O)c2)C1. The minimum Gasteiger partial charge on any atom is -0.478 e. The summed E-state index contributed by atoms with van der Waals surface area (Å²) in [6, 6.07) is 2.12. The summed E-state index contributed by atoms with van der Waals surface area (Å²) in [7, 11) is 0. The first-order valence-corrected chi connectivity index (χ1v) is 8.30. The van der Waals surface area contributed by atoms with Crippen LogP contribution in [0.25, 0.3) is 11.3 Å². The number of aromatic carboxylic acids is 1. The van der Waals surface area contributed by atoms with E-state index in [2.05, 4.69) is 33.7 Å². The van der Waals surface area contributed by atoms with Gasteiger partial charge in [-0.3, -0.25) is 15.0 Å². The minimum absolute atomic E-state index is 0.163. The lowest BCUT2D eigenvalue weighted by molar-refractivity contribution is 0.0696. The number of nitrogens with zero attached hydrogens (tertiary/aromatic N) is 4. The van der Waals surface area contributed by atoms with Gasteiger partial charge in [0.25, 0.3) is 0 Å². The predicted molar refractivity (Wildman–Crippen MR) is 90.9 cm³/mol. The van der Waals surface area contributed by atoms with E-state index in [1.165, 1.54) is 6.20 Å². The highest BCUT2D eigenvalue weighted by Gasteiger charge is 2.26. The van der Waals surface area contributed by atoms with E-state index in [0.29, 0.717) is 17.5 Å². The van der Waals surface area contributed by atoms with Crippen molar-refractivity contribution in [3.8, 4) is 11.3 Å². The van der Waals surface area contributed by atoms with E-state index in [9.17, 15) is 9.90 Å². The Morgan fingerprint density at radius 2 is 2.08 bits per heavy atom. The van der Waals surface area contributed by atoms with Crippen molar-refractivity contribution < 1.29 is 9.90 Å². The summed E-state index contributed by atoms with van der Waals surface area (Å²) in [6.07, 6.45) is 8.57.